The molecular weight excluding hydrogens is 121 g/mol. The Kier molecular flexibility index (Phi) is 5.46. The van der Waals surface area contributed by atoms with Crippen LogP contribution in [0.2, 0.25) is 0 Å². The molecule has 0 rings (SSSR count). The molecule has 0 spiro atoms. The first-order chi connectivity index (χ1) is 4.35. The number of hydrogen-bond acceptors (Lipinski definition) is 2. The van der Waals surface area contributed by atoms with Gasteiger partial charge in [-0.25, -0.2) is 4.39 Å². The van der Waals surface area contributed by atoms with E-state index in [-0.39, 0.29) is 6.54 Å². The van der Waals surface area contributed by atoms with Crippen molar-refractivity contribution in [2.45, 2.75) is 6.92 Å². The number of rotatable bonds is 4. The van der Waals surface area contributed by atoms with Crippen molar-refractivity contribution in [1.29, 1.82) is 0 Å². The minimum atomic E-state index is 0.233. The summed E-state index contributed by atoms with van der Waals surface area (Å²) in [5, 5.41) is 0. The Morgan fingerprint density at radius 1 is 1.78 bits per heavy atom. The van der Waals surface area contributed by atoms with E-state index in [9.17, 15) is 4.39 Å². The second-order valence-electron chi connectivity index (χ2n) is 1.61. The lowest BCUT2D eigenvalue weighted by atomic mass is 10.3. The molecule has 0 aromatic rings. The van der Waals surface area contributed by atoms with Gasteiger partial charge in [0.1, 0.15) is 0 Å². The molecule has 2 nitrogen and oxygen atoms in total. The Balaban J connectivity index is 3.33. The molecule has 0 saturated carbocycles. The van der Waals surface area contributed by atoms with Crippen LogP contribution in [-0.2, 0) is 4.74 Å². The molecule has 0 aliphatic heterocycles. The van der Waals surface area contributed by atoms with Crippen LogP contribution in [0.5, 0.6) is 0 Å². The van der Waals surface area contributed by atoms with Crippen LogP contribution in [0, 0.1) is 0 Å². The highest BCUT2D eigenvalue weighted by Gasteiger charge is 1.91. The van der Waals surface area contributed by atoms with E-state index in [1.54, 1.807) is 0 Å². The predicted octanol–water partition coefficient (Wildman–Crippen LogP) is 0.835. The second-order valence-corrected chi connectivity index (χ2v) is 1.61. The van der Waals surface area contributed by atoms with Crippen LogP contribution in [0.15, 0.2) is 11.9 Å². The van der Waals surface area contributed by atoms with Gasteiger partial charge in [0, 0.05) is 13.2 Å². The molecule has 0 atom stereocenters. The second kappa shape index (κ2) is 5.72. The van der Waals surface area contributed by atoms with Gasteiger partial charge in [0.2, 0.25) is 0 Å². The van der Waals surface area contributed by atoms with Gasteiger partial charge in [0.05, 0.1) is 12.9 Å². The maximum Gasteiger partial charge on any atom is 0.0894 e. The van der Waals surface area contributed by atoms with Gasteiger partial charge in [0.15, 0.2) is 0 Å². The summed E-state index contributed by atoms with van der Waals surface area (Å²) in [6.07, 6.45) is 0.496. The monoisotopic (exact) mass is 133 g/mol. The van der Waals surface area contributed by atoms with Crippen LogP contribution in [0.4, 0.5) is 4.39 Å². The van der Waals surface area contributed by atoms with Crippen LogP contribution in [0.25, 0.3) is 0 Å². The van der Waals surface area contributed by atoms with E-state index < -0.39 is 0 Å². The van der Waals surface area contributed by atoms with Gasteiger partial charge in [-0.05, 0) is 12.5 Å². The van der Waals surface area contributed by atoms with E-state index in [4.69, 9.17) is 10.5 Å². The normalized spacial score (nSPS) is 12.1. The molecule has 2 N–H and O–H groups in total. The van der Waals surface area contributed by atoms with Gasteiger partial charge in [-0.3, -0.25) is 0 Å². The average Bonchev–Trinajstić information content (AvgIpc) is 1.91. The lowest BCUT2D eigenvalue weighted by Gasteiger charge is -2.00. The first-order valence-corrected chi connectivity index (χ1v) is 2.91. The summed E-state index contributed by atoms with van der Waals surface area (Å²) in [5.41, 5.74) is 5.63. The molecule has 0 radical (unpaired) electrons. The van der Waals surface area contributed by atoms with Gasteiger partial charge in [0.25, 0.3) is 0 Å². The Morgan fingerprint density at radius 2 is 2.44 bits per heavy atom. The highest BCUT2D eigenvalue weighted by atomic mass is 19.1. The molecule has 0 aliphatic rings. The lowest BCUT2D eigenvalue weighted by Crippen LogP contribution is -2.08. The Labute approximate surface area is 54.5 Å². The van der Waals surface area contributed by atoms with Crippen molar-refractivity contribution in [1.82, 2.24) is 0 Å². The fourth-order valence-electron chi connectivity index (χ4n) is 0.368. The minimum absolute atomic E-state index is 0.233. The van der Waals surface area contributed by atoms with Crippen LogP contribution in [0.1, 0.15) is 6.92 Å². The molecule has 0 heterocycles. The van der Waals surface area contributed by atoms with E-state index in [0.717, 1.165) is 0 Å². The van der Waals surface area contributed by atoms with Gasteiger partial charge in [-0.15, -0.1) is 0 Å². The Morgan fingerprint density at radius 3 is 2.78 bits per heavy atom. The highest BCUT2D eigenvalue weighted by Crippen LogP contribution is 1.92. The zero-order valence-corrected chi connectivity index (χ0v) is 5.56. The fourth-order valence-corrected chi connectivity index (χ4v) is 0.368. The summed E-state index contributed by atoms with van der Waals surface area (Å²) in [4.78, 5) is 0. The van der Waals surface area contributed by atoms with E-state index in [0.29, 0.717) is 25.1 Å². The summed E-state index contributed by atoms with van der Waals surface area (Å²) in [5.74, 6) is 0. The van der Waals surface area contributed by atoms with Crippen LogP contribution < -0.4 is 5.73 Å². The first-order valence-electron chi connectivity index (χ1n) is 2.91. The summed E-state index contributed by atoms with van der Waals surface area (Å²) < 4.78 is 16.5. The molecule has 0 aromatic heterocycles. The third-order valence-electron chi connectivity index (χ3n) is 0.908. The standard InChI is InChI=1S/C6H12FNO/c1-2-9-5-6(3-7)4-8/h3H,2,4-5,8H2,1H3. The smallest absolute Gasteiger partial charge is 0.0894 e. The third kappa shape index (κ3) is 4.12. The molecule has 0 fully saturated rings. The highest BCUT2D eigenvalue weighted by molar-refractivity contribution is 4.98. The minimum Gasteiger partial charge on any atom is -0.377 e. The molecule has 0 amide bonds. The van der Waals surface area contributed by atoms with E-state index in [1.807, 2.05) is 6.92 Å². The van der Waals surface area contributed by atoms with Crippen molar-refractivity contribution in [2.24, 2.45) is 5.73 Å². The maximum atomic E-state index is 11.7. The van der Waals surface area contributed by atoms with Crippen molar-refractivity contribution in [3.05, 3.63) is 11.9 Å². The van der Waals surface area contributed by atoms with Gasteiger partial charge in [-0.2, -0.15) is 0 Å². The Bertz CT molecular complexity index is 93.1. The molecule has 0 aromatic carbocycles. The molecule has 0 saturated heterocycles. The number of hydrogen-bond donors (Lipinski definition) is 1. The zero-order chi connectivity index (χ0) is 7.11. The van der Waals surface area contributed by atoms with E-state index in [1.165, 1.54) is 0 Å². The van der Waals surface area contributed by atoms with Crippen LogP contribution >= 0.6 is 0 Å². The maximum absolute atomic E-state index is 11.7. The molecule has 0 unspecified atom stereocenters. The van der Waals surface area contributed by atoms with Crippen LogP contribution in [0.3, 0.4) is 0 Å². The van der Waals surface area contributed by atoms with Crippen molar-refractivity contribution >= 4 is 0 Å². The molecule has 9 heavy (non-hydrogen) atoms. The summed E-state index contributed by atoms with van der Waals surface area (Å²) in [6.45, 7) is 2.99. The number of nitrogens with two attached hydrogens (primary N) is 1. The summed E-state index contributed by atoms with van der Waals surface area (Å²) in [6, 6.07) is 0. The fraction of sp³-hybridized carbons (Fsp3) is 0.667. The van der Waals surface area contributed by atoms with Gasteiger partial charge in [-0.1, -0.05) is 0 Å². The quantitative estimate of drug-likeness (QED) is 0.616. The number of halogens is 1. The summed E-state index contributed by atoms with van der Waals surface area (Å²) in [7, 11) is 0. The van der Waals surface area contributed by atoms with Crippen molar-refractivity contribution in [3.63, 3.8) is 0 Å². The SMILES string of the molecule is CCOCC(=CF)CN. The van der Waals surface area contributed by atoms with Gasteiger partial charge < -0.3 is 10.5 Å². The first kappa shape index (κ1) is 8.59. The largest absolute Gasteiger partial charge is 0.377 e. The number of ether oxygens (including phenoxy) is 1. The Hall–Kier alpha value is -0.410. The molecule has 0 aliphatic carbocycles. The topological polar surface area (TPSA) is 35.2 Å². The predicted molar refractivity (Wildman–Crippen MR) is 34.7 cm³/mol. The van der Waals surface area contributed by atoms with E-state index in [2.05, 4.69) is 0 Å². The third-order valence-corrected chi connectivity index (χ3v) is 0.908. The summed E-state index contributed by atoms with van der Waals surface area (Å²) >= 11 is 0. The van der Waals surface area contributed by atoms with Crippen molar-refractivity contribution < 1.29 is 9.13 Å². The lowest BCUT2D eigenvalue weighted by molar-refractivity contribution is 0.169. The zero-order valence-electron chi connectivity index (χ0n) is 5.56. The molecule has 54 valence electrons. The van der Waals surface area contributed by atoms with Crippen LogP contribution in [-0.4, -0.2) is 19.8 Å². The van der Waals surface area contributed by atoms with Crippen molar-refractivity contribution in [2.75, 3.05) is 19.8 Å². The van der Waals surface area contributed by atoms with E-state index >= 15 is 0 Å². The van der Waals surface area contributed by atoms with Gasteiger partial charge >= 0.3 is 0 Å². The molecule has 0 bridgehead atoms. The molecular formula is C6H12FNO. The average molecular weight is 133 g/mol. The molecule has 3 heteroatoms. The van der Waals surface area contributed by atoms with Crippen molar-refractivity contribution in [3.8, 4) is 0 Å².